The summed E-state index contributed by atoms with van der Waals surface area (Å²) in [5, 5.41) is 4.77. The minimum atomic E-state index is -3.54. The second-order valence-corrected chi connectivity index (χ2v) is 7.61. The Morgan fingerprint density at radius 3 is 2.80 bits per heavy atom. The average Bonchev–Trinajstić information content (AvgIpc) is 2.88. The van der Waals surface area contributed by atoms with Gasteiger partial charge in [-0.2, -0.15) is 0 Å². The van der Waals surface area contributed by atoms with Gasteiger partial charge in [0.2, 0.25) is 0 Å². The Labute approximate surface area is 127 Å². The fourth-order valence-electron chi connectivity index (χ4n) is 1.75. The molecule has 0 unspecified atom stereocenters. The normalized spacial score (nSPS) is 11.5. The predicted molar refractivity (Wildman–Crippen MR) is 86.1 cm³/mol. The number of nitrogens with one attached hydrogen (secondary N) is 2. The summed E-state index contributed by atoms with van der Waals surface area (Å²) in [7, 11) is -1.74. The van der Waals surface area contributed by atoms with Crippen LogP contribution >= 0.6 is 23.1 Å². The lowest BCUT2D eigenvalue weighted by atomic mass is 10.3. The molecule has 0 fully saturated rings. The number of anilines is 1. The van der Waals surface area contributed by atoms with Crippen molar-refractivity contribution in [2.24, 2.45) is 0 Å². The van der Waals surface area contributed by atoms with E-state index in [0.717, 1.165) is 9.77 Å². The van der Waals surface area contributed by atoms with Gasteiger partial charge >= 0.3 is 0 Å². The molecule has 0 radical (unpaired) electrons. The Kier molecular flexibility index (Phi) is 5.09. The first-order valence-electron chi connectivity index (χ1n) is 5.94. The van der Waals surface area contributed by atoms with Crippen LogP contribution in [-0.2, 0) is 16.6 Å². The third-order valence-corrected chi connectivity index (χ3v) is 5.89. The zero-order valence-corrected chi connectivity index (χ0v) is 13.7. The maximum absolute atomic E-state index is 12.4. The van der Waals surface area contributed by atoms with Crippen LogP contribution in [0, 0.1) is 0 Å². The first kappa shape index (κ1) is 15.4. The third kappa shape index (κ3) is 3.54. The summed E-state index contributed by atoms with van der Waals surface area (Å²) in [5.41, 5.74) is 0.582. The van der Waals surface area contributed by atoms with Gasteiger partial charge in [-0.3, -0.25) is 4.72 Å². The van der Waals surface area contributed by atoms with E-state index in [2.05, 4.69) is 10.0 Å². The summed E-state index contributed by atoms with van der Waals surface area (Å²) in [4.78, 5) is 2.17. The standard InChI is InChI=1S/C13H16N2O2S3/c1-14-9-12-13(6-7-19-12)20(16,17)15-10-4-3-5-11(8-10)18-2/h3-8,14-15H,9H2,1-2H3. The molecule has 0 amide bonds. The molecular weight excluding hydrogens is 312 g/mol. The largest absolute Gasteiger partial charge is 0.315 e. The van der Waals surface area contributed by atoms with Gasteiger partial charge in [-0.1, -0.05) is 6.07 Å². The Morgan fingerprint density at radius 2 is 2.10 bits per heavy atom. The highest BCUT2D eigenvalue weighted by atomic mass is 32.2. The highest BCUT2D eigenvalue weighted by Crippen LogP contribution is 2.26. The fourth-order valence-corrected chi connectivity index (χ4v) is 4.72. The average molecular weight is 328 g/mol. The van der Waals surface area contributed by atoms with E-state index in [4.69, 9.17) is 0 Å². The third-order valence-electron chi connectivity index (χ3n) is 2.65. The number of rotatable bonds is 6. The van der Waals surface area contributed by atoms with Crippen LogP contribution in [0.1, 0.15) is 4.88 Å². The lowest BCUT2D eigenvalue weighted by molar-refractivity contribution is 0.600. The van der Waals surface area contributed by atoms with Crippen LogP contribution < -0.4 is 10.0 Å². The van der Waals surface area contributed by atoms with E-state index in [1.54, 1.807) is 36.3 Å². The Balaban J connectivity index is 2.28. The van der Waals surface area contributed by atoms with E-state index in [1.165, 1.54) is 11.3 Å². The van der Waals surface area contributed by atoms with Crippen LogP contribution in [0.5, 0.6) is 0 Å². The molecule has 7 heteroatoms. The second kappa shape index (κ2) is 6.62. The van der Waals surface area contributed by atoms with Crippen molar-refractivity contribution < 1.29 is 8.42 Å². The molecule has 0 saturated carbocycles. The van der Waals surface area contributed by atoms with E-state index in [-0.39, 0.29) is 0 Å². The van der Waals surface area contributed by atoms with Crippen molar-refractivity contribution >= 4 is 38.8 Å². The van der Waals surface area contributed by atoms with Crippen LogP contribution in [-0.4, -0.2) is 21.7 Å². The van der Waals surface area contributed by atoms with Crippen LogP contribution in [0.15, 0.2) is 45.5 Å². The van der Waals surface area contributed by atoms with Crippen molar-refractivity contribution in [2.75, 3.05) is 18.0 Å². The van der Waals surface area contributed by atoms with Crippen molar-refractivity contribution in [1.29, 1.82) is 0 Å². The summed E-state index contributed by atoms with van der Waals surface area (Å²) in [6.45, 7) is 0.540. The van der Waals surface area contributed by atoms with Gasteiger partial charge in [-0.15, -0.1) is 23.1 Å². The van der Waals surface area contributed by atoms with E-state index in [9.17, 15) is 8.42 Å². The molecule has 1 aromatic heterocycles. The summed E-state index contributed by atoms with van der Waals surface area (Å²) in [6, 6.07) is 9.00. The number of hydrogen-bond donors (Lipinski definition) is 2. The number of hydrogen-bond acceptors (Lipinski definition) is 5. The molecule has 0 aliphatic heterocycles. The van der Waals surface area contributed by atoms with Gasteiger partial charge in [0.1, 0.15) is 4.90 Å². The molecule has 0 atom stereocenters. The molecule has 108 valence electrons. The monoisotopic (exact) mass is 328 g/mol. The minimum absolute atomic E-state index is 0.339. The van der Waals surface area contributed by atoms with Crippen LogP contribution in [0.4, 0.5) is 5.69 Å². The summed E-state index contributed by atoms with van der Waals surface area (Å²) >= 11 is 3.01. The second-order valence-electron chi connectivity index (χ2n) is 4.08. The molecule has 0 spiro atoms. The number of thiophene rings is 1. The first-order valence-corrected chi connectivity index (χ1v) is 9.53. The molecule has 4 nitrogen and oxygen atoms in total. The van der Waals surface area contributed by atoms with Gasteiger partial charge in [0.15, 0.2) is 0 Å². The SMILES string of the molecule is CNCc1sccc1S(=O)(=O)Nc1cccc(SC)c1. The smallest absolute Gasteiger partial charge is 0.263 e. The fraction of sp³-hybridized carbons (Fsp3) is 0.231. The lowest BCUT2D eigenvalue weighted by Crippen LogP contribution is -2.15. The van der Waals surface area contributed by atoms with Crippen LogP contribution in [0.2, 0.25) is 0 Å². The van der Waals surface area contributed by atoms with Gasteiger partial charge in [-0.25, -0.2) is 8.42 Å². The van der Waals surface area contributed by atoms with Gasteiger partial charge in [-0.05, 0) is 42.9 Å². The molecule has 20 heavy (non-hydrogen) atoms. The van der Waals surface area contributed by atoms with Gasteiger partial charge < -0.3 is 5.32 Å². The highest BCUT2D eigenvalue weighted by molar-refractivity contribution is 7.98. The molecule has 0 bridgehead atoms. The Bertz CT molecular complexity index is 680. The van der Waals surface area contributed by atoms with Crippen molar-refractivity contribution in [3.8, 4) is 0 Å². The lowest BCUT2D eigenvalue weighted by Gasteiger charge is -2.09. The number of thioether (sulfide) groups is 1. The van der Waals surface area contributed by atoms with E-state index >= 15 is 0 Å². The quantitative estimate of drug-likeness (QED) is 0.801. The molecule has 0 aliphatic carbocycles. The van der Waals surface area contributed by atoms with Crippen molar-refractivity contribution in [3.63, 3.8) is 0 Å². The van der Waals surface area contributed by atoms with Crippen molar-refractivity contribution in [1.82, 2.24) is 5.32 Å². The van der Waals surface area contributed by atoms with E-state index < -0.39 is 10.0 Å². The summed E-state index contributed by atoms with van der Waals surface area (Å²) < 4.78 is 27.5. The summed E-state index contributed by atoms with van der Waals surface area (Å²) in [6.07, 6.45) is 1.96. The molecule has 2 N–H and O–H groups in total. The van der Waals surface area contributed by atoms with Gasteiger partial charge in [0.25, 0.3) is 10.0 Å². The Morgan fingerprint density at radius 1 is 1.30 bits per heavy atom. The zero-order valence-electron chi connectivity index (χ0n) is 11.2. The first-order chi connectivity index (χ1) is 9.56. The van der Waals surface area contributed by atoms with E-state index in [1.807, 2.05) is 24.5 Å². The van der Waals surface area contributed by atoms with Gasteiger partial charge in [0, 0.05) is 22.0 Å². The maximum atomic E-state index is 12.4. The summed E-state index contributed by atoms with van der Waals surface area (Å²) in [5.74, 6) is 0. The number of benzene rings is 1. The molecule has 1 heterocycles. The predicted octanol–water partition coefficient (Wildman–Crippen LogP) is 2.99. The highest BCUT2D eigenvalue weighted by Gasteiger charge is 2.19. The maximum Gasteiger partial charge on any atom is 0.263 e. The van der Waals surface area contributed by atoms with Crippen molar-refractivity contribution in [3.05, 3.63) is 40.6 Å². The van der Waals surface area contributed by atoms with Crippen LogP contribution in [0.25, 0.3) is 0 Å². The zero-order chi connectivity index (χ0) is 14.6. The molecule has 2 aromatic rings. The molecule has 0 saturated heterocycles. The molecule has 2 rings (SSSR count). The number of sulfonamides is 1. The topological polar surface area (TPSA) is 58.2 Å². The molecular formula is C13H16N2O2S3. The Hall–Kier alpha value is -1.02. The molecule has 0 aliphatic rings. The van der Waals surface area contributed by atoms with Gasteiger partial charge in [0.05, 0.1) is 0 Å². The van der Waals surface area contributed by atoms with Crippen LogP contribution in [0.3, 0.4) is 0 Å². The molecule has 1 aromatic carbocycles. The minimum Gasteiger partial charge on any atom is -0.315 e. The van der Waals surface area contributed by atoms with E-state index in [0.29, 0.717) is 17.1 Å². The van der Waals surface area contributed by atoms with Crippen molar-refractivity contribution in [2.45, 2.75) is 16.3 Å².